The van der Waals surface area contributed by atoms with Crippen molar-refractivity contribution in [3.8, 4) is 0 Å². The number of ether oxygens (including phenoxy) is 1. The molecular formula is C15H18N2O4. The van der Waals surface area contributed by atoms with Gasteiger partial charge in [-0.2, -0.15) is 0 Å². The topological polar surface area (TPSA) is 74.4 Å². The number of nitro groups is 1. The van der Waals surface area contributed by atoms with Gasteiger partial charge in [0.05, 0.1) is 10.4 Å². The lowest BCUT2D eigenvalue weighted by atomic mass is 10.1. The molecule has 1 aromatic heterocycles. The number of carbonyl (C=O) groups is 1. The van der Waals surface area contributed by atoms with Gasteiger partial charge in [-0.15, -0.1) is 0 Å². The number of nitro benzene ring substituents is 1. The van der Waals surface area contributed by atoms with Gasteiger partial charge in [-0.1, -0.05) is 0 Å². The summed E-state index contributed by atoms with van der Waals surface area (Å²) in [5, 5.41) is 11.6. The van der Waals surface area contributed by atoms with E-state index >= 15 is 0 Å². The Hall–Kier alpha value is -2.37. The summed E-state index contributed by atoms with van der Waals surface area (Å²) in [7, 11) is 0. The first kappa shape index (κ1) is 15.0. The third-order valence-corrected chi connectivity index (χ3v) is 3.29. The Morgan fingerprint density at radius 1 is 1.29 bits per heavy atom. The zero-order valence-corrected chi connectivity index (χ0v) is 12.8. The lowest BCUT2D eigenvalue weighted by molar-refractivity contribution is -0.384. The largest absolute Gasteiger partial charge is 0.443 e. The van der Waals surface area contributed by atoms with Gasteiger partial charge in [-0.05, 0) is 46.2 Å². The first-order valence-electron chi connectivity index (χ1n) is 6.61. The predicted molar refractivity (Wildman–Crippen MR) is 79.7 cm³/mol. The van der Waals surface area contributed by atoms with E-state index in [9.17, 15) is 14.9 Å². The lowest BCUT2D eigenvalue weighted by Gasteiger charge is -2.20. The van der Waals surface area contributed by atoms with Crippen molar-refractivity contribution < 1.29 is 14.5 Å². The molecule has 0 aliphatic heterocycles. The molecule has 0 saturated heterocycles. The fourth-order valence-electron chi connectivity index (χ4n) is 2.22. The molecule has 112 valence electrons. The molecule has 21 heavy (non-hydrogen) atoms. The van der Waals surface area contributed by atoms with Crippen molar-refractivity contribution in [2.45, 2.75) is 40.2 Å². The molecule has 0 unspecified atom stereocenters. The Kier molecular flexibility index (Phi) is 3.49. The Morgan fingerprint density at radius 2 is 1.90 bits per heavy atom. The van der Waals surface area contributed by atoms with Crippen LogP contribution in [-0.4, -0.2) is 21.2 Å². The van der Waals surface area contributed by atoms with Gasteiger partial charge >= 0.3 is 6.09 Å². The average molecular weight is 290 g/mol. The van der Waals surface area contributed by atoms with Crippen molar-refractivity contribution in [3.63, 3.8) is 0 Å². The van der Waals surface area contributed by atoms with E-state index in [0.717, 1.165) is 11.3 Å². The molecule has 0 aliphatic carbocycles. The van der Waals surface area contributed by atoms with E-state index < -0.39 is 16.6 Å². The van der Waals surface area contributed by atoms with Gasteiger partial charge in [-0.25, -0.2) is 9.36 Å². The molecule has 6 nitrogen and oxygen atoms in total. The third kappa shape index (κ3) is 2.74. The summed E-state index contributed by atoms with van der Waals surface area (Å²) >= 11 is 0. The van der Waals surface area contributed by atoms with E-state index in [0.29, 0.717) is 10.9 Å². The van der Waals surface area contributed by atoms with Crippen molar-refractivity contribution >= 4 is 22.7 Å². The second kappa shape index (κ2) is 4.87. The van der Waals surface area contributed by atoms with Crippen LogP contribution in [-0.2, 0) is 4.74 Å². The summed E-state index contributed by atoms with van der Waals surface area (Å²) < 4.78 is 6.85. The summed E-state index contributed by atoms with van der Waals surface area (Å²) in [6.07, 6.45) is -0.480. The molecule has 6 heteroatoms. The maximum absolute atomic E-state index is 12.3. The van der Waals surface area contributed by atoms with E-state index in [-0.39, 0.29) is 5.69 Å². The highest BCUT2D eigenvalue weighted by Gasteiger charge is 2.23. The summed E-state index contributed by atoms with van der Waals surface area (Å²) in [5.41, 5.74) is 1.57. The Morgan fingerprint density at radius 3 is 2.43 bits per heavy atom. The van der Waals surface area contributed by atoms with Gasteiger partial charge in [0.25, 0.3) is 5.69 Å². The Balaban J connectivity index is 2.63. The number of aryl methyl sites for hydroxylation is 1. The fourth-order valence-corrected chi connectivity index (χ4v) is 2.22. The van der Waals surface area contributed by atoms with Gasteiger partial charge in [-0.3, -0.25) is 10.1 Å². The van der Waals surface area contributed by atoms with Gasteiger partial charge < -0.3 is 4.74 Å². The quantitative estimate of drug-likeness (QED) is 0.588. The van der Waals surface area contributed by atoms with Crippen LogP contribution in [0.1, 0.15) is 32.0 Å². The summed E-state index contributed by atoms with van der Waals surface area (Å²) in [4.78, 5) is 22.8. The van der Waals surface area contributed by atoms with E-state index in [1.807, 2.05) is 6.92 Å². The van der Waals surface area contributed by atoms with Crippen LogP contribution in [0.2, 0.25) is 0 Å². The number of hydrogen-bond donors (Lipinski definition) is 0. The van der Waals surface area contributed by atoms with E-state index in [1.165, 1.54) is 16.7 Å². The van der Waals surface area contributed by atoms with Crippen LogP contribution in [0.15, 0.2) is 18.2 Å². The number of benzene rings is 1. The van der Waals surface area contributed by atoms with Crippen molar-refractivity contribution in [3.05, 3.63) is 39.6 Å². The fraction of sp³-hybridized carbons (Fsp3) is 0.400. The average Bonchev–Trinajstić information content (AvgIpc) is 2.59. The first-order valence-corrected chi connectivity index (χ1v) is 6.61. The number of rotatable bonds is 1. The predicted octanol–water partition coefficient (Wildman–Crippen LogP) is 3.95. The summed E-state index contributed by atoms with van der Waals surface area (Å²) in [6, 6.07) is 4.46. The zero-order valence-electron chi connectivity index (χ0n) is 12.8. The van der Waals surface area contributed by atoms with Crippen molar-refractivity contribution in [1.29, 1.82) is 0 Å². The minimum absolute atomic E-state index is 0.00642. The van der Waals surface area contributed by atoms with Crippen LogP contribution < -0.4 is 0 Å². The molecule has 0 fully saturated rings. The molecule has 1 heterocycles. The van der Waals surface area contributed by atoms with E-state index in [4.69, 9.17) is 4.74 Å². The maximum atomic E-state index is 12.3. The molecule has 2 aromatic rings. The minimum Gasteiger partial charge on any atom is -0.443 e. The van der Waals surface area contributed by atoms with E-state index in [1.54, 1.807) is 33.8 Å². The van der Waals surface area contributed by atoms with Crippen LogP contribution in [0, 0.1) is 24.0 Å². The molecule has 0 N–H and O–H groups in total. The highest BCUT2D eigenvalue weighted by molar-refractivity contribution is 5.94. The van der Waals surface area contributed by atoms with Crippen molar-refractivity contribution in [2.75, 3.05) is 0 Å². The number of fused-ring (bicyclic) bond motifs is 1. The third-order valence-electron chi connectivity index (χ3n) is 3.29. The van der Waals surface area contributed by atoms with Crippen LogP contribution in [0.3, 0.4) is 0 Å². The van der Waals surface area contributed by atoms with Gasteiger partial charge in [0.15, 0.2) is 0 Å². The maximum Gasteiger partial charge on any atom is 0.419 e. The number of hydrogen-bond acceptors (Lipinski definition) is 4. The molecule has 0 bridgehead atoms. The number of aromatic nitrogens is 1. The molecule has 0 radical (unpaired) electrons. The molecule has 1 aromatic carbocycles. The number of non-ortho nitro benzene ring substituents is 1. The van der Waals surface area contributed by atoms with Crippen LogP contribution in [0.4, 0.5) is 10.5 Å². The van der Waals surface area contributed by atoms with Crippen LogP contribution in [0.5, 0.6) is 0 Å². The van der Waals surface area contributed by atoms with E-state index in [2.05, 4.69) is 0 Å². The van der Waals surface area contributed by atoms with Gasteiger partial charge in [0, 0.05) is 23.2 Å². The monoisotopic (exact) mass is 290 g/mol. The first-order chi connectivity index (χ1) is 9.61. The second-order valence-electron chi connectivity index (χ2n) is 5.98. The minimum atomic E-state index is -0.602. The smallest absolute Gasteiger partial charge is 0.419 e. The standard InChI is InChI=1S/C15H18N2O4/c1-9-10(2)16(14(18)21-15(3,4)5)13-7-6-11(17(19)20)8-12(9)13/h6-8H,1-5H3. The molecule has 0 spiro atoms. The Bertz CT molecular complexity index is 738. The molecule has 0 amide bonds. The van der Waals surface area contributed by atoms with Gasteiger partial charge in [0.1, 0.15) is 5.60 Å². The molecule has 0 saturated carbocycles. The number of nitrogens with zero attached hydrogens (tertiary/aromatic N) is 2. The van der Waals surface area contributed by atoms with Crippen LogP contribution >= 0.6 is 0 Å². The summed E-state index contributed by atoms with van der Waals surface area (Å²) in [6.45, 7) is 9.02. The normalized spacial score (nSPS) is 11.7. The molecule has 2 rings (SSSR count). The van der Waals surface area contributed by atoms with Crippen molar-refractivity contribution in [2.24, 2.45) is 0 Å². The Labute approximate surface area is 122 Å². The highest BCUT2D eigenvalue weighted by Crippen LogP contribution is 2.29. The van der Waals surface area contributed by atoms with Gasteiger partial charge in [0.2, 0.25) is 0 Å². The van der Waals surface area contributed by atoms with Crippen molar-refractivity contribution in [1.82, 2.24) is 4.57 Å². The van der Waals surface area contributed by atoms with Crippen LogP contribution in [0.25, 0.3) is 10.9 Å². The second-order valence-corrected chi connectivity index (χ2v) is 5.98. The molecule has 0 aliphatic rings. The zero-order chi connectivity index (χ0) is 15.9. The number of carbonyl (C=O) groups excluding carboxylic acids is 1. The summed E-state index contributed by atoms with van der Waals surface area (Å²) in [5.74, 6) is 0. The molecule has 0 atom stereocenters. The SMILES string of the molecule is Cc1c(C)n(C(=O)OC(C)(C)C)c2ccc([N+](=O)[O-])cc12. The lowest BCUT2D eigenvalue weighted by Crippen LogP contribution is -2.27. The highest BCUT2D eigenvalue weighted by atomic mass is 16.6. The molecular weight excluding hydrogens is 272 g/mol.